The van der Waals surface area contributed by atoms with Crippen LogP contribution in [0.4, 0.5) is 10.1 Å². The highest BCUT2D eigenvalue weighted by molar-refractivity contribution is 6.01. The van der Waals surface area contributed by atoms with E-state index in [0.29, 0.717) is 13.0 Å². The number of nitrogens with two attached hydrogens (primary N) is 1. The van der Waals surface area contributed by atoms with E-state index in [0.717, 1.165) is 0 Å². The Labute approximate surface area is 134 Å². The van der Waals surface area contributed by atoms with Gasteiger partial charge in [-0.25, -0.2) is 4.39 Å². The lowest BCUT2D eigenvalue weighted by atomic mass is 10.2. The number of amides is 2. The van der Waals surface area contributed by atoms with Crippen LogP contribution in [0.3, 0.4) is 0 Å². The number of benzene rings is 1. The topological polar surface area (TPSA) is 84.7 Å². The molecule has 1 aliphatic heterocycles. The van der Waals surface area contributed by atoms with E-state index in [2.05, 4.69) is 5.32 Å². The van der Waals surface area contributed by atoms with Crippen LogP contribution in [0, 0.1) is 5.82 Å². The number of halogens is 2. The number of nitrogens with one attached hydrogen (secondary N) is 1. The van der Waals surface area contributed by atoms with E-state index >= 15 is 0 Å². The maximum atomic E-state index is 13.7. The summed E-state index contributed by atoms with van der Waals surface area (Å²) in [6, 6.07) is 4.54. The van der Waals surface area contributed by atoms with Crippen LogP contribution in [-0.2, 0) is 14.3 Å². The van der Waals surface area contributed by atoms with Crippen molar-refractivity contribution < 1.29 is 18.7 Å². The summed E-state index contributed by atoms with van der Waals surface area (Å²) in [4.78, 5) is 25.4. The lowest BCUT2D eigenvalue weighted by Crippen LogP contribution is -2.50. The van der Waals surface area contributed by atoms with Crippen molar-refractivity contribution in [2.75, 3.05) is 25.2 Å². The van der Waals surface area contributed by atoms with Crippen LogP contribution in [0.5, 0.6) is 0 Å². The third kappa shape index (κ3) is 3.94. The molecule has 1 saturated heterocycles. The molecule has 0 spiro atoms. The first kappa shape index (κ1) is 18.3. The summed E-state index contributed by atoms with van der Waals surface area (Å²) in [5, 5.41) is 2.57. The molecule has 122 valence electrons. The highest BCUT2D eigenvalue weighted by Gasteiger charge is 2.35. The molecule has 2 unspecified atom stereocenters. The van der Waals surface area contributed by atoms with Gasteiger partial charge in [-0.2, -0.15) is 0 Å². The maximum absolute atomic E-state index is 13.7. The number of nitrogens with zero attached hydrogens (tertiary/aromatic N) is 1. The first-order valence-electron chi connectivity index (χ1n) is 6.65. The Morgan fingerprint density at radius 1 is 1.55 bits per heavy atom. The fourth-order valence-electron chi connectivity index (χ4n) is 2.26. The van der Waals surface area contributed by atoms with E-state index in [9.17, 15) is 14.0 Å². The van der Waals surface area contributed by atoms with Gasteiger partial charge in [0.15, 0.2) is 0 Å². The van der Waals surface area contributed by atoms with Gasteiger partial charge in [0, 0.05) is 13.7 Å². The maximum Gasteiger partial charge on any atom is 0.249 e. The van der Waals surface area contributed by atoms with E-state index in [1.165, 1.54) is 24.1 Å². The van der Waals surface area contributed by atoms with E-state index < -0.39 is 23.8 Å². The van der Waals surface area contributed by atoms with E-state index in [1.807, 2.05) is 0 Å². The van der Waals surface area contributed by atoms with E-state index in [4.69, 9.17) is 10.5 Å². The molecular weight excluding hydrogens is 313 g/mol. The molecule has 8 heteroatoms. The predicted octanol–water partition coefficient (Wildman–Crippen LogP) is 0.443. The molecule has 0 aromatic heterocycles. The van der Waals surface area contributed by atoms with Crippen molar-refractivity contribution in [1.29, 1.82) is 0 Å². The highest BCUT2D eigenvalue weighted by Crippen LogP contribution is 2.24. The van der Waals surface area contributed by atoms with Crippen LogP contribution in [0.15, 0.2) is 24.3 Å². The third-order valence-electron chi connectivity index (χ3n) is 3.35. The lowest BCUT2D eigenvalue weighted by Gasteiger charge is -2.18. The molecule has 0 aliphatic carbocycles. The number of rotatable bonds is 5. The standard InChI is InChI=1S/C14H18FN3O3.ClH/c1-21-8-10(16)13(19)17-11-6-7-18(14(11)20)12-5-3-2-4-9(12)15;/h2-5,10-11H,6-8,16H2,1H3,(H,17,19);1H. The van der Waals surface area contributed by atoms with Crippen molar-refractivity contribution in [1.82, 2.24) is 5.32 Å². The predicted molar refractivity (Wildman–Crippen MR) is 82.4 cm³/mol. The number of ether oxygens (including phenoxy) is 1. The Morgan fingerprint density at radius 2 is 2.23 bits per heavy atom. The van der Waals surface area contributed by atoms with Gasteiger partial charge in [0.1, 0.15) is 17.9 Å². The number of carbonyl (C=O) groups is 2. The SMILES string of the molecule is COCC(N)C(=O)NC1CCN(c2ccccc2F)C1=O.Cl. The number of anilines is 1. The quantitative estimate of drug-likeness (QED) is 0.820. The molecule has 1 aromatic rings. The Morgan fingerprint density at radius 3 is 2.86 bits per heavy atom. The third-order valence-corrected chi connectivity index (χ3v) is 3.35. The monoisotopic (exact) mass is 331 g/mol. The fraction of sp³-hybridized carbons (Fsp3) is 0.429. The number of carbonyl (C=O) groups excluding carboxylic acids is 2. The summed E-state index contributed by atoms with van der Waals surface area (Å²) in [5.74, 6) is -1.25. The molecule has 1 heterocycles. The molecule has 0 radical (unpaired) electrons. The molecule has 1 fully saturated rings. The van der Waals surface area contributed by atoms with Gasteiger partial charge in [-0.05, 0) is 18.6 Å². The van der Waals surface area contributed by atoms with Crippen molar-refractivity contribution in [3.63, 3.8) is 0 Å². The number of methoxy groups -OCH3 is 1. The van der Waals surface area contributed by atoms with Crippen LogP contribution in [0.25, 0.3) is 0 Å². The van der Waals surface area contributed by atoms with E-state index in [1.54, 1.807) is 12.1 Å². The van der Waals surface area contributed by atoms with Gasteiger partial charge in [0.25, 0.3) is 0 Å². The largest absolute Gasteiger partial charge is 0.383 e. The molecule has 3 N–H and O–H groups in total. The molecule has 6 nitrogen and oxygen atoms in total. The summed E-state index contributed by atoms with van der Waals surface area (Å²) < 4.78 is 18.5. The zero-order chi connectivity index (χ0) is 15.4. The van der Waals surface area contributed by atoms with Crippen LogP contribution in [0.1, 0.15) is 6.42 Å². The number of hydrogen-bond acceptors (Lipinski definition) is 4. The minimum atomic E-state index is -0.828. The molecule has 1 aliphatic rings. The van der Waals surface area contributed by atoms with Gasteiger partial charge in [-0.15, -0.1) is 12.4 Å². The van der Waals surface area contributed by atoms with Crippen LogP contribution in [0.2, 0.25) is 0 Å². The summed E-state index contributed by atoms with van der Waals surface area (Å²) in [6.07, 6.45) is 0.415. The summed E-state index contributed by atoms with van der Waals surface area (Å²) >= 11 is 0. The molecule has 22 heavy (non-hydrogen) atoms. The Bertz CT molecular complexity index is 544. The zero-order valence-corrected chi connectivity index (χ0v) is 12.9. The first-order valence-corrected chi connectivity index (χ1v) is 6.65. The van der Waals surface area contributed by atoms with Gasteiger partial charge in [0.05, 0.1) is 12.3 Å². The zero-order valence-electron chi connectivity index (χ0n) is 12.1. The van der Waals surface area contributed by atoms with Crippen molar-refractivity contribution in [2.45, 2.75) is 18.5 Å². The minimum Gasteiger partial charge on any atom is -0.383 e. The second-order valence-electron chi connectivity index (χ2n) is 4.85. The normalized spacial score (nSPS) is 18.8. The van der Waals surface area contributed by atoms with Gasteiger partial charge < -0.3 is 20.7 Å². The smallest absolute Gasteiger partial charge is 0.249 e. The number of hydrogen-bond donors (Lipinski definition) is 2. The Kier molecular flexibility index (Phi) is 6.73. The number of para-hydroxylation sites is 1. The van der Waals surface area contributed by atoms with Crippen molar-refractivity contribution >= 4 is 29.9 Å². The molecule has 1 aromatic carbocycles. The first-order chi connectivity index (χ1) is 10.0. The molecular formula is C14H19ClFN3O3. The molecule has 0 bridgehead atoms. The van der Waals surface area contributed by atoms with Crippen molar-refractivity contribution in [3.05, 3.63) is 30.1 Å². The molecule has 2 rings (SSSR count). The highest BCUT2D eigenvalue weighted by atomic mass is 35.5. The second-order valence-corrected chi connectivity index (χ2v) is 4.85. The lowest BCUT2D eigenvalue weighted by molar-refractivity contribution is -0.128. The summed E-state index contributed by atoms with van der Waals surface area (Å²) in [7, 11) is 1.44. The van der Waals surface area contributed by atoms with Gasteiger partial charge >= 0.3 is 0 Å². The summed E-state index contributed by atoms with van der Waals surface area (Å²) in [5.41, 5.74) is 5.82. The van der Waals surface area contributed by atoms with Crippen LogP contribution >= 0.6 is 12.4 Å². The summed E-state index contributed by atoms with van der Waals surface area (Å²) in [6.45, 7) is 0.425. The van der Waals surface area contributed by atoms with Crippen molar-refractivity contribution in [3.8, 4) is 0 Å². The van der Waals surface area contributed by atoms with Crippen LogP contribution in [-0.4, -0.2) is 44.2 Å². The van der Waals surface area contributed by atoms with Gasteiger partial charge in [-0.3, -0.25) is 9.59 Å². The van der Waals surface area contributed by atoms with Crippen molar-refractivity contribution in [2.24, 2.45) is 5.73 Å². The second kappa shape index (κ2) is 8.07. The Balaban J connectivity index is 0.00000242. The van der Waals surface area contributed by atoms with Gasteiger partial charge in [0.2, 0.25) is 11.8 Å². The molecule has 2 atom stereocenters. The minimum absolute atomic E-state index is 0. The Hall–Kier alpha value is -1.70. The van der Waals surface area contributed by atoms with Crippen LogP contribution < -0.4 is 16.0 Å². The molecule has 0 saturated carbocycles. The average molecular weight is 332 g/mol. The van der Waals surface area contributed by atoms with E-state index in [-0.39, 0.29) is 30.6 Å². The molecule has 2 amide bonds. The average Bonchev–Trinajstić information content (AvgIpc) is 2.81. The van der Waals surface area contributed by atoms with Gasteiger partial charge in [-0.1, -0.05) is 12.1 Å². The fourth-order valence-corrected chi connectivity index (χ4v) is 2.26.